The van der Waals surface area contributed by atoms with Crippen LogP contribution in [0.15, 0.2) is 71.6 Å². The normalized spacial score (nSPS) is 14.1. The largest absolute Gasteiger partial charge is 0.494 e. The predicted molar refractivity (Wildman–Crippen MR) is 147 cm³/mol. The third kappa shape index (κ3) is 4.74. The average Bonchev–Trinajstić information content (AvgIpc) is 3.40. The maximum Gasteiger partial charge on any atom is 0.264 e. The number of piperazine rings is 1. The molecule has 5 rings (SSSR count). The number of benzene rings is 3. The number of ether oxygens (including phenoxy) is 1. The number of sulfonamides is 1. The molecule has 2 heterocycles. The zero-order valence-corrected chi connectivity index (χ0v) is 22.6. The summed E-state index contributed by atoms with van der Waals surface area (Å²) in [5, 5.41) is 0.923. The van der Waals surface area contributed by atoms with Gasteiger partial charge in [-0.05, 0) is 55.0 Å². The van der Waals surface area contributed by atoms with Crippen LogP contribution in [0.25, 0.3) is 10.2 Å². The lowest BCUT2D eigenvalue weighted by Gasteiger charge is -2.34. The molecule has 0 saturated carbocycles. The topological polar surface area (TPSA) is 83.0 Å². The average molecular weight is 537 g/mol. The molecule has 192 valence electrons. The van der Waals surface area contributed by atoms with Gasteiger partial charge in [-0.3, -0.25) is 9.10 Å². The summed E-state index contributed by atoms with van der Waals surface area (Å²) in [6.45, 7) is 4.52. The number of rotatable bonds is 6. The van der Waals surface area contributed by atoms with E-state index in [2.05, 4.69) is 11.8 Å². The summed E-state index contributed by atoms with van der Waals surface area (Å²) >= 11 is 1.64. The van der Waals surface area contributed by atoms with Gasteiger partial charge in [-0.2, -0.15) is 0 Å². The summed E-state index contributed by atoms with van der Waals surface area (Å²) in [5.74, 6) is 0.652. The monoisotopic (exact) mass is 536 g/mol. The van der Waals surface area contributed by atoms with E-state index in [0.29, 0.717) is 37.4 Å². The van der Waals surface area contributed by atoms with E-state index in [9.17, 15) is 13.2 Å². The predicted octanol–water partition coefficient (Wildman–Crippen LogP) is 4.40. The molecule has 3 aromatic carbocycles. The van der Waals surface area contributed by atoms with Crippen molar-refractivity contribution >= 4 is 48.3 Å². The van der Waals surface area contributed by atoms with Crippen molar-refractivity contribution in [3.8, 4) is 5.75 Å². The first-order chi connectivity index (χ1) is 17.8. The van der Waals surface area contributed by atoms with Crippen LogP contribution >= 0.6 is 11.3 Å². The fourth-order valence-electron chi connectivity index (χ4n) is 4.39. The van der Waals surface area contributed by atoms with Gasteiger partial charge in [0.25, 0.3) is 15.9 Å². The summed E-state index contributed by atoms with van der Waals surface area (Å²) in [6, 6.07) is 19.0. The molecule has 0 aliphatic carbocycles. The fourth-order valence-corrected chi connectivity index (χ4v) is 6.68. The van der Waals surface area contributed by atoms with Crippen molar-refractivity contribution in [2.75, 3.05) is 49.5 Å². The molecular weight excluding hydrogens is 508 g/mol. The minimum absolute atomic E-state index is 0.109. The first-order valence-corrected chi connectivity index (χ1v) is 14.2. The maximum absolute atomic E-state index is 13.1. The molecule has 1 aliphatic heterocycles. The lowest BCUT2D eigenvalue weighted by molar-refractivity contribution is 0.0746. The van der Waals surface area contributed by atoms with Gasteiger partial charge < -0.3 is 14.5 Å². The van der Waals surface area contributed by atoms with E-state index < -0.39 is 10.0 Å². The molecule has 0 unspecified atom stereocenters. The van der Waals surface area contributed by atoms with Gasteiger partial charge in [0, 0.05) is 38.8 Å². The van der Waals surface area contributed by atoms with Crippen LogP contribution in [-0.2, 0) is 10.0 Å². The zero-order chi connectivity index (χ0) is 26.2. The first-order valence-electron chi connectivity index (χ1n) is 11.9. The van der Waals surface area contributed by atoms with Crippen molar-refractivity contribution in [3.63, 3.8) is 0 Å². The molecule has 0 radical (unpaired) electrons. The Morgan fingerprint density at radius 3 is 2.30 bits per heavy atom. The number of hydrogen-bond acceptors (Lipinski definition) is 7. The van der Waals surface area contributed by atoms with E-state index in [-0.39, 0.29) is 10.8 Å². The van der Waals surface area contributed by atoms with E-state index in [4.69, 9.17) is 9.72 Å². The number of fused-ring (bicyclic) bond motifs is 1. The van der Waals surface area contributed by atoms with Gasteiger partial charge in [0.1, 0.15) is 11.3 Å². The first kappa shape index (κ1) is 25.0. The van der Waals surface area contributed by atoms with Crippen molar-refractivity contribution in [1.82, 2.24) is 9.88 Å². The number of nitrogens with zero attached hydrogens (tertiary/aromatic N) is 4. The Balaban J connectivity index is 1.26. The number of anilines is 2. The molecule has 37 heavy (non-hydrogen) atoms. The summed E-state index contributed by atoms with van der Waals surface area (Å²) < 4.78 is 33.9. The minimum Gasteiger partial charge on any atom is -0.494 e. The number of para-hydroxylation sites is 1. The van der Waals surface area contributed by atoms with E-state index in [0.717, 1.165) is 26.7 Å². The van der Waals surface area contributed by atoms with Crippen LogP contribution in [0, 0.1) is 6.92 Å². The lowest BCUT2D eigenvalue weighted by atomic mass is 10.2. The van der Waals surface area contributed by atoms with Crippen molar-refractivity contribution in [1.29, 1.82) is 0 Å². The van der Waals surface area contributed by atoms with Crippen LogP contribution in [0.1, 0.15) is 15.9 Å². The third-order valence-electron chi connectivity index (χ3n) is 6.63. The standard InChI is InChI=1S/C27H28N4O4S2/c1-19-9-14-23(35-3)24-25(19)36-27(28-24)31-17-15-30(16-18-31)26(32)20-10-12-22(13-11-20)37(33,34)29(2)21-7-5-4-6-8-21/h4-14H,15-18H2,1-3H3. The zero-order valence-electron chi connectivity index (χ0n) is 20.9. The second-order valence-electron chi connectivity index (χ2n) is 8.87. The number of thiazole rings is 1. The van der Waals surface area contributed by atoms with Gasteiger partial charge >= 0.3 is 0 Å². The Kier molecular flexibility index (Phi) is 6.78. The molecule has 1 fully saturated rings. The van der Waals surface area contributed by atoms with Gasteiger partial charge in [0.2, 0.25) is 0 Å². The molecular formula is C27H28N4O4S2. The number of carbonyl (C=O) groups is 1. The summed E-state index contributed by atoms with van der Waals surface area (Å²) in [4.78, 5) is 22.1. The number of amides is 1. The highest BCUT2D eigenvalue weighted by Gasteiger charge is 2.26. The molecule has 1 amide bonds. The second kappa shape index (κ2) is 10.0. The molecule has 0 atom stereocenters. The van der Waals surface area contributed by atoms with Crippen molar-refractivity contribution in [2.45, 2.75) is 11.8 Å². The molecule has 1 aromatic heterocycles. The third-order valence-corrected chi connectivity index (χ3v) is 9.68. The minimum atomic E-state index is -3.73. The number of hydrogen-bond donors (Lipinski definition) is 0. The van der Waals surface area contributed by atoms with Gasteiger partial charge in [0.15, 0.2) is 5.13 Å². The van der Waals surface area contributed by atoms with Crippen LogP contribution in [-0.4, -0.2) is 64.5 Å². The Labute approximate surface area is 220 Å². The molecule has 8 nitrogen and oxygen atoms in total. The molecule has 0 spiro atoms. The van der Waals surface area contributed by atoms with E-state index >= 15 is 0 Å². The van der Waals surface area contributed by atoms with Crippen molar-refractivity contribution < 1.29 is 17.9 Å². The highest BCUT2D eigenvalue weighted by atomic mass is 32.2. The molecule has 0 N–H and O–H groups in total. The second-order valence-corrected chi connectivity index (χ2v) is 11.8. The van der Waals surface area contributed by atoms with Gasteiger partial charge in [0.05, 0.1) is 22.4 Å². The van der Waals surface area contributed by atoms with Gasteiger partial charge in [-0.1, -0.05) is 35.6 Å². The van der Waals surface area contributed by atoms with E-state index in [1.807, 2.05) is 18.2 Å². The lowest BCUT2D eigenvalue weighted by Crippen LogP contribution is -2.48. The Bertz CT molecular complexity index is 1530. The van der Waals surface area contributed by atoms with E-state index in [1.165, 1.54) is 23.5 Å². The van der Waals surface area contributed by atoms with Crippen LogP contribution in [0.4, 0.5) is 10.8 Å². The maximum atomic E-state index is 13.1. The SMILES string of the molecule is COc1ccc(C)c2sc(N3CCN(C(=O)c4ccc(S(=O)(=O)N(C)c5ccccc5)cc4)CC3)nc12. The highest BCUT2D eigenvalue weighted by Crippen LogP contribution is 2.36. The highest BCUT2D eigenvalue weighted by molar-refractivity contribution is 7.92. The van der Waals surface area contributed by atoms with Crippen molar-refractivity contribution in [2.24, 2.45) is 0 Å². The van der Waals surface area contributed by atoms with Gasteiger partial charge in [-0.25, -0.2) is 13.4 Å². The molecule has 10 heteroatoms. The van der Waals surface area contributed by atoms with Crippen LogP contribution in [0.2, 0.25) is 0 Å². The van der Waals surface area contributed by atoms with Gasteiger partial charge in [-0.15, -0.1) is 0 Å². The Hall–Kier alpha value is -3.63. The summed E-state index contributed by atoms with van der Waals surface area (Å²) in [7, 11) is -0.560. The number of aryl methyl sites for hydroxylation is 1. The Morgan fingerprint density at radius 2 is 1.65 bits per heavy atom. The smallest absolute Gasteiger partial charge is 0.264 e. The summed E-state index contributed by atoms with van der Waals surface area (Å²) in [6.07, 6.45) is 0. The van der Waals surface area contributed by atoms with Crippen LogP contribution < -0.4 is 13.9 Å². The van der Waals surface area contributed by atoms with Crippen LogP contribution in [0.5, 0.6) is 5.75 Å². The summed E-state index contributed by atoms with van der Waals surface area (Å²) in [5.41, 5.74) is 3.07. The molecule has 0 bridgehead atoms. The number of methoxy groups -OCH3 is 1. The Morgan fingerprint density at radius 1 is 0.973 bits per heavy atom. The number of carbonyl (C=O) groups excluding carboxylic acids is 1. The fraction of sp³-hybridized carbons (Fsp3) is 0.259. The quantitative estimate of drug-likeness (QED) is 0.363. The van der Waals surface area contributed by atoms with Crippen molar-refractivity contribution in [3.05, 3.63) is 77.9 Å². The van der Waals surface area contributed by atoms with Crippen LogP contribution in [0.3, 0.4) is 0 Å². The van der Waals surface area contributed by atoms with E-state index in [1.54, 1.807) is 59.7 Å². The molecule has 1 saturated heterocycles. The molecule has 1 aliphatic rings. The molecule has 4 aromatic rings. The number of aromatic nitrogens is 1.